The van der Waals surface area contributed by atoms with Gasteiger partial charge in [0.25, 0.3) is 0 Å². The van der Waals surface area contributed by atoms with E-state index in [-0.39, 0.29) is 31.3 Å². The van der Waals surface area contributed by atoms with Crippen molar-refractivity contribution < 1.29 is 28.7 Å². The van der Waals surface area contributed by atoms with Crippen molar-refractivity contribution in [3.05, 3.63) is 40.4 Å². The van der Waals surface area contributed by atoms with E-state index in [0.717, 1.165) is 31.2 Å². The number of thiazole rings is 1. The number of carbonyl (C=O) groups is 4. The Morgan fingerprint density at radius 2 is 1.71 bits per heavy atom. The lowest BCUT2D eigenvalue weighted by Gasteiger charge is -2.18. The smallest absolute Gasteiger partial charge is 0.325 e. The zero-order valence-electron chi connectivity index (χ0n) is 20.1. The summed E-state index contributed by atoms with van der Waals surface area (Å²) < 4.78 is 9.35. The molecule has 10 nitrogen and oxygen atoms in total. The van der Waals surface area contributed by atoms with E-state index in [9.17, 15) is 19.2 Å². The van der Waals surface area contributed by atoms with E-state index < -0.39 is 18.0 Å². The van der Waals surface area contributed by atoms with Gasteiger partial charge in [-0.15, -0.1) is 11.3 Å². The fraction of sp³-hybridized carbons (Fsp3) is 0.458. The van der Waals surface area contributed by atoms with Crippen LogP contribution in [-0.4, -0.2) is 60.9 Å². The number of hydrogen-bond acceptors (Lipinski definition) is 9. The molecule has 0 unspecified atom stereocenters. The molecule has 0 saturated heterocycles. The summed E-state index contributed by atoms with van der Waals surface area (Å²) >= 11 is 1.20. The van der Waals surface area contributed by atoms with Gasteiger partial charge in [-0.2, -0.15) is 0 Å². The number of aromatic nitrogens is 1. The van der Waals surface area contributed by atoms with Crippen molar-refractivity contribution in [1.29, 1.82) is 0 Å². The number of anilines is 2. The molecule has 1 fully saturated rings. The molecule has 0 atom stereocenters. The number of urea groups is 1. The number of rotatable bonds is 10. The van der Waals surface area contributed by atoms with Gasteiger partial charge >= 0.3 is 18.0 Å². The van der Waals surface area contributed by atoms with Crippen molar-refractivity contribution in [3.63, 3.8) is 0 Å². The number of ketones is 1. The van der Waals surface area contributed by atoms with Crippen molar-refractivity contribution >= 4 is 45.9 Å². The molecule has 35 heavy (non-hydrogen) atoms. The molecule has 1 aromatic heterocycles. The summed E-state index contributed by atoms with van der Waals surface area (Å²) in [6.07, 6.45) is 3.86. The number of methoxy groups -OCH3 is 2. The van der Waals surface area contributed by atoms with Crippen molar-refractivity contribution in [3.8, 4) is 0 Å². The Bertz CT molecular complexity index is 1060. The van der Waals surface area contributed by atoms with Crippen LogP contribution in [0.3, 0.4) is 0 Å². The fourth-order valence-electron chi connectivity index (χ4n) is 3.96. The van der Waals surface area contributed by atoms with Crippen molar-refractivity contribution in [2.75, 3.05) is 37.9 Å². The molecule has 1 heterocycles. The topological polar surface area (TPSA) is 127 Å². The van der Waals surface area contributed by atoms with Crippen LogP contribution in [0.5, 0.6) is 0 Å². The van der Waals surface area contributed by atoms with Crippen LogP contribution in [0.25, 0.3) is 0 Å². The standard InChI is InChI=1S/C24H30N4O6S/c1-15-8-9-19(18(10-15)22(31)16-6-4-5-7-16)26-23(32)27-24-25-17(14-35-24)11-28(12-20(29)33-2)13-21(30)34-3/h8-10,14,16H,4-7,11-13H2,1-3H3,(H2,25,26,27,32). The van der Waals surface area contributed by atoms with Gasteiger partial charge in [0, 0.05) is 23.4 Å². The van der Waals surface area contributed by atoms with Gasteiger partial charge in [-0.3, -0.25) is 24.6 Å². The Kier molecular flexibility index (Phi) is 9.32. The minimum absolute atomic E-state index is 0.000132. The van der Waals surface area contributed by atoms with E-state index in [2.05, 4.69) is 25.1 Å². The summed E-state index contributed by atoms with van der Waals surface area (Å²) in [5.41, 5.74) is 2.49. The number of Topliss-reactive ketones (excluding diaryl/α,β-unsaturated/α-hetero) is 1. The quantitative estimate of drug-likeness (QED) is 0.373. The summed E-state index contributed by atoms with van der Waals surface area (Å²) in [5, 5.41) is 7.51. The minimum Gasteiger partial charge on any atom is -0.468 e. The second-order valence-corrected chi connectivity index (χ2v) is 9.27. The predicted octanol–water partition coefficient (Wildman–Crippen LogP) is 3.62. The van der Waals surface area contributed by atoms with Crippen molar-refractivity contribution in [2.24, 2.45) is 5.92 Å². The predicted molar refractivity (Wildman–Crippen MR) is 132 cm³/mol. The molecule has 0 radical (unpaired) electrons. The van der Waals surface area contributed by atoms with Gasteiger partial charge in [-0.25, -0.2) is 9.78 Å². The highest BCUT2D eigenvalue weighted by Gasteiger charge is 2.26. The van der Waals surface area contributed by atoms with Gasteiger partial charge in [-0.1, -0.05) is 24.5 Å². The lowest BCUT2D eigenvalue weighted by atomic mass is 9.94. The van der Waals surface area contributed by atoms with Crippen LogP contribution < -0.4 is 10.6 Å². The lowest BCUT2D eigenvalue weighted by Crippen LogP contribution is -2.35. The average Bonchev–Trinajstić information content (AvgIpc) is 3.52. The molecule has 1 aliphatic rings. The number of carbonyl (C=O) groups excluding carboxylic acids is 4. The molecule has 2 N–H and O–H groups in total. The van der Waals surface area contributed by atoms with Crippen LogP contribution in [0.4, 0.5) is 15.6 Å². The lowest BCUT2D eigenvalue weighted by molar-refractivity contribution is -0.145. The van der Waals surface area contributed by atoms with Crippen LogP contribution in [-0.2, 0) is 25.6 Å². The Balaban J connectivity index is 1.64. The van der Waals surface area contributed by atoms with E-state index in [0.29, 0.717) is 22.1 Å². The van der Waals surface area contributed by atoms with E-state index in [4.69, 9.17) is 0 Å². The Morgan fingerprint density at radius 1 is 1.06 bits per heavy atom. The zero-order valence-corrected chi connectivity index (χ0v) is 20.9. The van der Waals surface area contributed by atoms with E-state index in [1.807, 2.05) is 19.1 Å². The van der Waals surface area contributed by atoms with Gasteiger partial charge < -0.3 is 14.8 Å². The van der Waals surface area contributed by atoms with Gasteiger partial charge in [0.1, 0.15) is 0 Å². The largest absolute Gasteiger partial charge is 0.468 e. The fourth-order valence-corrected chi connectivity index (χ4v) is 4.65. The summed E-state index contributed by atoms with van der Waals surface area (Å²) in [6, 6.07) is 4.88. The highest BCUT2D eigenvalue weighted by atomic mass is 32.1. The van der Waals surface area contributed by atoms with Gasteiger partial charge in [0.05, 0.1) is 38.7 Å². The molecule has 0 spiro atoms. The first-order valence-electron chi connectivity index (χ1n) is 11.3. The maximum atomic E-state index is 13.0. The molecule has 1 aliphatic carbocycles. The van der Waals surface area contributed by atoms with Crippen molar-refractivity contribution in [2.45, 2.75) is 39.2 Å². The SMILES string of the molecule is COC(=O)CN(CC(=O)OC)Cc1csc(NC(=O)Nc2ccc(C)cc2C(=O)C2CCCC2)n1. The maximum absolute atomic E-state index is 13.0. The summed E-state index contributed by atoms with van der Waals surface area (Å²) in [4.78, 5) is 54.9. The average molecular weight is 503 g/mol. The number of nitrogens with one attached hydrogen (secondary N) is 2. The molecule has 0 bridgehead atoms. The van der Waals surface area contributed by atoms with Crippen molar-refractivity contribution in [1.82, 2.24) is 9.88 Å². The van der Waals surface area contributed by atoms with E-state index in [1.165, 1.54) is 30.5 Å². The van der Waals surface area contributed by atoms with Crippen LogP contribution >= 0.6 is 11.3 Å². The van der Waals surface area contributed by atoms with Gasteiger partial charge in [0.15, 0.2) is 10.9 Å². The zero-order chi connectivity index (χ0) is 25.4. The second-order valence-electron chi connectivity index (χ2n) is 8.42. The third-order valence-corrected chi connectivity index (χ3v) is 6.54. The Hall–Kier alpha value is -3.31. The summed E-state index contributed by atoms with van der Waals surface area (Å²) in [7, 11) is 2.53. The molecule has 1 aromatic carbocycles. The minimum atomic E-state index is -0.517. The number of esters is 2. The second kappa shape index (κ2) is 12.4. The van der Waals surface area contributed by atoms with E-state index in [1.54, 1.807) is 11.4 Å². The molecule has 0 aliphatic heterocycles. The number of hydrogen-bond donors (Lipinski definition) is 2. The first-order valence-corrected chi connectivity index (χ1v) is 12.2. The van der Waals surface area contributed by atoms with Crippen LogP contribution in [0.2, 0.25) is 0 Å². The number of nitrogens with zero attached hydrogens (tertiary/aromatic N) is 2. The first kappa shape index (κ1) is 26.3. The molecule has 188 valence electrons. The van der Waals surface area contributed by atoms with Gasteiger partial charge in [-0.05, 0) is 31.9 Å². The van der Waals surface area contributed by atoms with Gasteiger partial charge in [0.2, 0.25) is 0 Å². The highest BCUT2D eigenvalue weighted by molar-refractivity contribution is 7.13. The van der Waals surface area contributed by atoms with Crippen LogP contribution in [0.1, 0.15) is 47.3 Å². The molecule has 2 aromatic rings. The molecule has 2 amide bonds. The maximum Gasteiger partial charge on any atom is 0.325 e. The van der Waals surface area contributed by atoms with Crippen LogP contribution in [0, 0.1) is 12.8 Å². The number of amides is 2. The number of ether oxygens (including phenoxy) is 2. The monoisotopic (exact) mass is 502 g/mol. The number of benzene rings is 1. The first-order chi connectivity index (χ1) is 16.8. The molecular formula is C24H30N4O6S. The third-order valence-electron chi connectivity index (χ3n) is 5.73. The molecular weight excluding hydrogens is 472 g/mol. The normalized spacial score (nSPS) is 13.5. The molecule has 11 heteroatoms. The summed E-state index contributed by atoms with van der Waals surface area (Å²) in [6.45, 7) is 1.87. The molecule has 3 rings (SSSR count). The van der Waals surface area contributed by atoms with Crippen LogP contribution in [0.15, 0.2) is 23.6 Å². The summed E-state index contributed by atoms with van der Waals surface area (Å²) in [5.74, 6) is -0.931. The third kappa shape index (κ3) is 7.59. The van der Waals surface area contributed by atoms with E-state index >= 15 is 0 Å². The Morgan fingerprint density at radius 3 is 2.34 bits per heavy atom. The molecule has 1 saturated carbocycles. The number of aryl methyl sites for hydroxylation is 1. The Labute approximate surface area is 208 Å². The highest BCUT2D eigenvalue weighted by Crippen LogP contribution is 2.31.